The Morgan fingerprint density at radius 2 is 1.94 bits per heavy atom. The van der Waals surface area contributed by atoms with Crippen molar-refractivity contribution in [1.29, 1.82) is 0 Å². The van der Waals surface area contributed by atoms with E-state index in [0.717, 1.165) is 23.3 Å². The van der Waals surface area contributed by atoms with Gasteiger partial charge in [-0.1, -0.05) is 31.2 Å². The number of dihydropyridines is 1. The van der Waals surface area contributed by atoms with Crippen LogP contribution in [0.1, 0.15) is 44.2 Å². The number of hydrogen-bond donors (Lipinski definition) is 1. The smallest absolute Gasteiger partial charge is 0.337 e. The van der Waals surface area contributed by atoms with Crippen molar-refractivity contribution in [3.63, 3.8) is 0 Å². The van der Waals surface area contributed by atoms with Crippen LogP contribution in [-0.4, -0.2) is 22.5 Å². The molecule has 7 heteroatoms. The standard InChI is InChI=1S/C24H25N3O4/c1-4-5-6-14-31-24(28)22-17(3)26-16(2)21(18-10-12-25-13-11-18)23(22)19-8-7-9-20(15-19)27(29)30/h5-13,15,23,26H,4,14H2,1-3H3/b6-5+. The van der Waals surface area contributed by atoms with Crippen LogP contribution in [0.25, 0.3) is 5.57 Å². The van der Waals surface area contributed by atoms with Crippen molar-refractivity contribution in [1.82, 2.24) is 10.3 Å². The number of hydrogen-bond acceptors (Lipinski definition) is 6. The Hall–Kier alpha value is -3.74. The molecule has 1 aromatic carbocycles. The van der Waals surface area contributed by atoms with Crippen LogP contribution in [-0.2, 0) is 9.53 Å². The van der Waals surface area contributed by atoms with Gasteiger partial charge in [-0.05, 0) is 49.1 Å². The highest BCUT2D eigenvalue weighted by atomic mass is 16.6. The van der Waals surface area contributed by atoms with Crippen LogP contribution >= 0.6 is 0 Å². The highest BCUT2D eigenvalue weighted by molar-refractivity contribution is 5.97. The number of pyridine rings is 1. The van der Waals surface area contributed by atoms with Crippen LogP contribution < -0.4 is 5.32 Å². The fourth-order valence-corrected chi connectivity index (χ4v) is 3.77. The first kappa shape index (κ1) is 22.0. The summed E-state index contributed by atoms with van der Waals surface area (Å²) in [5.74, 6) is -0.979. The average Bonchev–Trinajstić information content (AvgIpc) is 2.76. The molecule has 31 heavy (non-hydrogen) atoms. The molecule has 0 bridgehead atoms. The van der Waals surface area contributed by atoms with Crippen molar-refractivity contribution in [3.05, 3.63) is 99.2 Å². The summed E-state index contributed by atoms with van der Waals surface area (Å²) in [6.45, 7) is 5.91. The molecule has 0 spiro atoms. The number of aromatic nitrogens is 1. The summed E-state index contributed by atoms with van der Waals surface area (Å²) in [6.07, 6.45) is 7.94. The molecule has 0 radical (unpaired) electrons. The zero-order valence-electron chi connectivity index (χ0n) is 17.8. The maximum absolute atomic E-state index is 13.1. The van der Waals surface area contributed by atoms with Gasteiger partial charge >= 0.3 is 5.97 Å². The highest BCUT2D eigenvalue weighted by Crippen LogP contribution is 2.44. The van der Waals surface area contributed by atoms with Gasteiger partial charge in [-0.25, -0.2) is 4.79 Å². The number of benzene rings is 1. The number of non-ortho nitro benzene ring substituents is 1. The van der Waals surface area contributed by atoms with Crippen LogP contribution in [0.4, 0.5) is 5.69 Å². The number of carbonyl (C=O) groups excluding carboxylic acids is 1. The number of allylic oxidation sites excluding steroid dienone is 4. The van der Waals surface area contributed by atoms with Gasteiger partial charge < -0.3 is 10.1 Å². The molecule has 0 saturated heterocycles. The number of nitrogens with zero attached hydrogens (tertiary/aromatic N) is 2. The number of rotatable bonds is 7. The summed E-state index contributed by atoms with van der Waals surface area (Å²) in [7, 11) is 0. The summed E-state index contributed by atoms with van der Waals surface area (Å²) in [6, 6.07) is 10.1. The number of nitro benzene ring substituents is 1. The van der Waals surface area contributed by atoms with Crippen LogP contribution in [0.15, 0.2) is 77.9 Å². The Bertz CT molecular complexity index is 1070. The van der Waals surface area contributed by atoms with Gasteiger partial charge in [0, 0.05) is 41.8 Å². The van der Waals surface area contributed by atoms with Gasteiger partial charge in [0.2, 0.25) is 0 Å². The van der Waals surface area contributed by atoms with Gasteiger partial charge in [-0.3, -0.25) is 15.1 Å². The number of nitrogens with one attached hydrogen (secondary N) is 1. The first-order valence-electron chi connectivity index (χ1n) is 10.1. The van der Waals surface area contributed by atoms with E-state index in [2.05, 4.69) is 10.3 Å². The fourth-order valence-electron chi connectivity index (χ4n) is 3.77. The van der Waals surface area contributed by atoms with Gasteiger partial charge in [-0.15, -0.1) is 0 Å². The predicted octanol–water partition coefficient (Wildman–Crippen LogP) is 4.89. The lowest BCUT2D eigenvalue weighted by Gasteiger charge is -2.31. The Morgan fingerprint density at radius 3 is 2.61 bits per heavy atom. The molecule has 1 unspecified atom stereocenters. The molecule has 2 heterocycles. The van der Waals surface area contributed by atoms with E-state index in [9.17, 15) is 14.9 Å². The maximum atomic E-state index is 13.1. The molecule has 2 aromatic rings. The third-order valence-corrected chi connectivity index (χ3v) is 5.10. The van der Waals surface area contributed by atoms with Crippen molar-refractivity contribution in [3.8, 4) is 0 Å². The second-order valence-corrected chi connectivity index (χ2v) is 7.20. The van der Waals surface area contributed by atoms with E-state index in [1.165, 1.54) is 12.1 Å². The van der Waals surface area contributed by atoms with Gasteiger partial charge in [0.05, 0.1) is 10.5 Å². The van der Waals surface area contributed by atoms with Gasteiger partial charge in [0.15, 0.2) is 0 Å². The quantitative estimate of drug-likeness (QED) is 0.297. The highest BCUT2D eigenvalue weighted by Gasteiger charge is 2.35. The molecule has 160 valence electrons. The zero-order valence-corrected chi connectivity index (χ0v) is 17.8. The molecule has 1 aliphatic heterocycles. The maximum Gasteiger partial charge on any atom is 0.337 e. The van der Waals surface area contributed by atoms with E-state index in [-0.39, 0.29) is 12.3 Å². The topological polar surface area (TPSA) is 94.4 Å². The van der Waals surface area contributed by atoms with Crippen molar-refractivity contribution in [2.75, 3.05) is 6.61 Å². The molecule has 1 aromatic heterocycles. The minimum atomic E-state index is -0.522. The van der Waals surface area contributed by atoms with Crippen LogP contribution in [0.3, 0.4) is 0 Å². The number of ether oxygens (including phenoxy) is 1. The van der Waals surface area contributed by atoms with Crippen LogP contribution in [0.2, 0.25) is 0 Å². The number of esters is 1. The molecular formula is C24H25N3O4. The van der Waals surface area contributed by atoms with Gasteiger partial charge in [-0.2, -0.15) is 0 Å². The Balaban J connectivity index is 2.13. The SMILES string of the molecule is CC/C=C/COC(=O)C1=C(C)NC(C)=C(c2ccncc2)C1c1cccc([N+](=O)[O-])c1. The molecule has 0 saturated carbocycles. The molecule has 1 aliphatic rings. The summed E-state index contributed by atoms with van der Waals surface area (Å²) < 4.78 is 5.51. The Labute approximate surface area is 181 Å². The van der Waals surface area contributed by atoms with E-state index in [0.29, 0.717) is 16.8 Å². The predicted molar refractivity (Wildman–Crippen MR) is 119 cm³/mol. The summed E-state index contributed by atoms with van der Waals surface area (Å²) >= 11 is 0. The van der Waals surface area contributed by atoms with Crippen molar-refractivity contribution in [2.45, 2.75) is 33.1 Å². The first-order valence-corrected chi connectivity index (χ1v) is 10.1. The lowest BCUT2D eigenvalue weighted by molar-refractivity contribution is -0.384. The van der Waals surface area contributed by atoms with Crippen molar-refractivity contribution < 1.29 is 14.5 Å². The molecular weight excluding hydrogens is 394 g/mol. The third kappa shape index (κ3) is 4.88. The largest absolute Gasteiger partial charge is 0.458 e. The molecule has 3 rings (SSSR count). The number of carbonyl (C=O) groups is 1. The monoisotopic (exact) mass is 419 g/mol. The van der Waals surface area contributed by atoms with E-state index >= 15 is 0 Å². The van der Waals surface area contributed by atoms with Crippen molar-refractivity contribution in [2.24, 2.45) is 0 Å². The normalized spacial score (nSPS) is 16.4. The Morgan fingerprint density at radius 1 is 1.19 bits per heavy atom. The number of nitro groups is 1. The fraction of sp³-hybridized carbons (Fsp3) is 0.250. The lowest BCUT2D eigenvalue weighted by Crippen LogP contribution is -2.28. The van der Waals surface area contributed by atoms with E-state index < -0.39 is 16.8 Å². The molecule has 1 atom stereocenters. The van der Waals surface area contributed by atoms with Gasteiger partial charge in [0.1, 0.15) is 6.61 Å². The first-order chi connectivity index (χ1) is 14.9. The average molecular weight is 419 g/mol. The second-order valence-electron chi connectivity index (χ2n) is 7.20. The Kier molecular flexibility index (Phi) is 6.97. The minimum Gasteiger partial charge on any atom is -0.458 e. The van der Waals surface area contributed by atoms with E-state index in [1.807, 2.05) is 39.0 Å². The van der Waals surface area contributed by atoms with Crippen LogP contribution in [0, 0.1) is 10.1 Å². The summed E-state index contributed by atoms with van der Waals surface area (Å²) in [5, 5.41) is 14.7. The lowest BCUT2D eigenvalue weighted by atomic mass is 9.78. The molecule has 0 aliphatic carbocycles. The molecule has 7 nitrogen and oxygen atoms in total. The van der Waals surface area contributed by atoms with Crippen LogP contribution in [0.5, 0.6) is 0 Å². The summed E-state index contributed by atoms with van der Waals surface area (Å²) in [4.78, 5) is 28.2. The van der Waals surface area contributed by atoms with E-state index in [4.69, 9.17) is 4.74 Å². The summed E-state index contributed by atoms with van der Waals surface area (Å²) in [5.41, 5.74) is 4.31. The second kappa shape index (κ2) is 9.84. The van der Waals surface area contributed by atoms with Crippen molar-refractivity contribution >= 4 is 17.2 Å². The van der Waals surface area contributed by atoms with Gasteiger partial charge in [0.25, 0.3) is 5.69 Å². The molecule has 0 fully saturated rings. The minimum absolute atomic E-state index is 0.0287. The molecule has 1 N–H and O–H groups in total. The molecule has 0 amide bonds. The zero-order chi connectivity index (χ0) is 22.4. The van der Waals surface area contributed by atoms with E-state index in [1.54, 1.807) is 30.6 Å². The third-order valence-electron chi connectivity index (χ3n) is 5.10.